The molecular weight excluding hydrogens is 593 g/mol. The normalized spacial score (nSPS) is 13.3. The molecule has 0 radical (unpaired) electrons. The van der Waals surface area contributed by atoms with Crippen LogP contribution in [0.1, 0.15) is 0 Å². The third-order valence-electron chi connectivity index (χ3n) is 9.55. The van der Waals surface area contributed by atoms with Crippen LogP contribution in [0.2, 0.25) is 0 Å². The van der Waals surface area contributed by atoms with Crippen molar-refractivity contribution in [2.45, 2.75) is 9.79 Å². The molecule has 228 valence electrons. The summed E-state index contributed by atoms with van der Waals surface area (Å²) in [6.45, 7) is 0. The molecule has 0 unspecified atom stereocenters. The average molecular weight is 633 g/mol. The minimum atomic E-state index is -0.953. The molecule has 0 aliphatic heterocycles. The highest BCUT2D eigenvalue weighted by atomic mass is 32.3. The lowest BCUT2D eigenvalue weighted by Crippen LogP contribution is -1.98. The maximum Gasteiger partial charge on any atom is -0.00195 e. The summed E-state index contributed by atoms with van der Waals surface area (Å²) >= 11 is 0. The second kappa shape index (κ2) is 10.7. The third kappa shape index (κ3) is 4.78. The Bertz CT molecular complexity index is 2490. The minimum absolute atomic E-state index is 0.945. The first-order valence-corrected chi connectivity index (χ1v) is 21.6. The molecule has 46 heavy (non-hydrogen) atoms. The van der Waals surface area contributed by atoms with Crippen molar-refractivity contribution in [3.8, 4) is 22.3 Å². The molecule has 0 heterocycles. The second-order valence-corrected chi connectivity index (χ2v) is 22.4. The van der Waals surface area contributed by atoms with Gasteiger partial charge >= 0.3 is 0 Å². The van der Waals surface area contributed by atoms with Gasteiger partial charge in [-0.05, 0) is 160 Å². The molecule has 0 saturated heterocycles. The molecule has 8 aromatic carbocycles. The minimum Gasteiger partial charge on any atom is -0.223 e. The zero-order chi connectivity index (χ0) is 31.8. The van der Waals surface area contributed by atoms with Crippen LogP contribution in [0.15, 0.2) is 143 Å². The molecule has 0 atom stereocenters. The van der Waals surface area contributed by atoms with Gasteiger partial charge in [0.2, 0.25) is 0 Å². The fourth-order valence-corrected chi connectivity index (χ4v) is 9.05. The van der Waals surface area contributed by atoms with Crippen LogP contribution in [0.25, 0.3) is 76.1 Å². The van der Waals surface area contributed by atoms with Crippen LogP contribution >= 0.6 is 20.1 Å². The van der Waals surface area contributed by atoms with Crippen LogP contribution in [-0.4, -0.2) is 37.5 Å². The van der Waals surface area contributed by atoms with Crippen molar-refractivity contribution >= 4 is 73.9 Å². The maximum absolute atomic E-state index is 2.52. The Morgan fingerprint density at radius 2 is 0.848 bits per heavy atom. The van der Waals surface area contributed by atoms with Crippen LogP contribution in [0.5, 0.6) is 0 Å². The lowest BCUT2D eigenvalue weighted by molar-refractivity contribution is 1.46. The van der Waals surface area contributed by atoms with E-state index < -0.39 is 20.1 Å². The predicted molar refractivity (Wildman–Crippen MR) is 212 cm³/mol. The van der Waals surface area contributed by atoms with Crippen molar-refractivity contribution in [2.24, 2.45) is 0 Å². The van der Waals surface area contributed by atoms with Gasteiger partial charge in [0.05, 0.1) is 0 Å². The van der Waals surface area contributed by atoms with Crippen LogP contribution < -0.4 is 0 Å². The van der Waals surface area contributed by atoms with Crippen LogP contribution in [0.3, 0.4) is 0 Å². The zero-order valence-electron chi connectivity index (χ0n) is 27.5. The van der Waals surface area contributed by atoms with Gasteiger partial charge in [-0.25, -0.2) is 20.1 Å². The molecule has 0 fully saturated rings. The standard InChI is InChI=1S/C44H40S2/c1-45(2,3)33-22-24-39-41(27-33)43(32-20-19-29-13-7-8-14-30(29)25-32)38-23-21-34(46(4,5)6)28-42(38)44(39)40-26-31-15-9-10-16-35(31)36-17-11-12-18-37(36)40/h7-28H,1-6H3. The number of hydrogen-bond acceptors (Lipinski definition) is 0. The average Bonchev–Trinajstić information content (AvgIpc) is 3.05. The Morgan fingerprint density at radius 1 is 0.326 bits per heavy atom. The lowest BCUT2D eigenvalue weighted by Gasteiger charge is -2.29. The largest absolute Gasteiger partial charge is 0.223 e. The third-order valence-corrected chi connectivity index (χ3v) is 12.9. The van der Waals surface area contributed by atoms with Crippen molar-refractivity contribution in [1.29, 1.82) is 0 Å². The summed E-state index contributed by atoms with van der Waals surface area (Å²) in [5.41, 5.74) is 5.27. The lowest BCUT2D eigenvalue weighted by atomic mass is 9.83. The van der Waals surface area contributed by atoms with E-state index in [4.69, 9.17) is 0 Å². The molecule has 0 spiro atoms. The van der Waals surface area contributed by atoms with Gasteiger partial charge < -0.3 is 0 Å². The molecule has 0 aromatic heterocycles. The van der Waals surface area contributed by atoms with Gasteiger partial charge in [-0.1, -0.05) is 97.1 Å². The first-order chi connectivity index (χ1) is 22.1. The Hall–Kier alpha value is -4.24. The molecule has 8 aromatic rings. The van der Waals surface area contributed by atoms with Crippen molar-refractivity contribution in [3.05, 3.63) is 133 Å². The van der Waals surface area contributed by atoms with Gasteiger partial charge in [-0.2, -0.15) is 0 Å². The fraction of sp³-hybridized carbons (Fsp3) is 0.136. The van der Waals surface area contributed by atoms with Gasteiger partial charge in [-0.3, -0.25) is 0 Å². The van der Waals surface area contributed by atoms with E-state index in [1.807, 2.05) is 0 Å². The summed E-state index contributed by atoms with van der Waals surface area (Å²) in [6, 6.07) is 50.7. The van der Waals surface area contributed by atoms with E-state index in [-0.39, 0.29) is 0 Å². The number of benzene rings is 8. The van der Waals surface area contributed by atoms with Crippen molar-refractivity contribution in [2.75, 3.05) is 37.5 Å². The summed E-state index contributed by atoms with van der Waals surface area (Å²) < 4.78 is 0. The topological polar surface area (TPSA) is 0 Å². The van der Waals surface area contributed by atoms with Gasteiger partial charge in [0.15, 0.2) is 0 Å². The molecule has 0 N–H and O–H groups in total. The first kappa shape index (κ1) is 29.2. The van der Waals surface area contributed by atoms with E-state index in [0.29, 0.717) is 0 Å². The maximum atomic E-state index is 2.52. The first-order valence-electron chi connectivity index (χ1n) is 15.9. The van der Waals surface area contributed by atoms with Gasteiger partial charge in [0.25, 0.3) is 0 Å². The SMILES string of the molecule is CS(C)(C)c1ccc2c(-c3cc4ccccc4c4ccccc34)c3cc(S(C)(C)C)ccc3c(-c3ccc4ccccc4c3)c2c1. The molecular formula is C44H40S2. The van der Waals surface area contributed by atoms with E-state index in [1.165, 1.54) is 85.9 Å². The molecule has 0 aliphatic carbocycles. The quantitative estimate of drug-likeness (QED) is 0.134. The molecule has 0 amide bonds. The molecule has 2 heteroatoms. The summed E-state index contributed by atoms with van der Waals surface area (Å²) in [7, 11) is -1.90. The van der Waals surface area contributed by atoms with Crippen molar-refractivity contribution in [3.63, 3.8) is 0 Å². The number of fused-ring (bicyclic) bond motifs is 6. The summed E-state index contributed by atoms with van der Waals surface area (Å²) in [4.78, 5) is 2.87. The van der Waals surface area contributed by atoms with Crippen LogP contribution in [0, 0.1) is 0 Å². The van der Waals surface area contributed by atoms with Crippen molar-refractivity contribution in [1.82, 2.24) is 0 Å². The highest BCUT2D eigenvalue weighted by molar-refractivity contribution is 8.32. The highest BCUT2D eigenvalue weighted by Gasteiger charge is 2.22. The molecule has 0 bridgehead atoms. The molecule has 0 aliphatic rings. The van der Waals surface area contributed by atoms with E-state index in [0.717, 1.165) is 0 Å². The second-order valence-electron chi connectivity index (χ2n) is 14.1. The van der Waals surface area contributed by atoms with E-state index in [9.17, 15) is 0 Å². The molecule has 0 saturated carbocycles. The van der Waals surface area contributed by atoms with Crippen LogP contribution in [0.4, 0.5) is 0 Å². The Balaban J connectivity index is 1.61. The Labute approximate surface area is 275 Å². The van der Waals surface area contributed by atoms with Crippen LogP contribution in [-0.2, 0) is 0 Å². The van der Waals surface area contributed by atoms with E-state index in [2.05, 4.69) is 171 Å². The Kier molecular flexibility index (Phi) is 6.76. The van der Waals surface area contributed by atoms with Crippen molar-refractivity contribution < 1.29 is 0 Å². The smallest absolute Gasteiger partial charge is 0.00195 e. The van der Waals surface area contributed by atoms with Gasteiger partial charge in [-0.15, -0.1) is 0 Å². The fourth-order valence-electron chi connectivity index (χ4n) is 7.16. The number of rotatable bonds is 4. The predicted octanol–water partition coefficient (Wildman–Crippen LogP) is 12.9. The van der Waals surface area contributed by atoms with E-state index in [1.54, 1.807) is 0 Å². The van der Waals surface area contributed by atoms with Gasteiger partial charge in [0, 0.05) is 0 Å². The molecule has 0 nitrogen and oxygen atoms in total. The van der Waals surface area contributed by atoms with E-state index >= 15 is 0 Å². The summed E-state index contributed by atoms with van der Waals surface area (Å²) in [5, 5.41) is 13.1. The number of hydrogen-bond donors (Lipinski definition) is 0. The summed E-state index contributed by atoms with van der Waals surface area (Å²) in [5.74, 6) is 0. The monoisotopic (exact) mass is 632 g/mol. The zero-order valence-corrected chi connectivity index (χ0v) is 29.2. The molecule has 8 rings (SSSR count). The Morgan fingerprint density at radius 3 is 1.50 bits per heavy atom. The highest BCUT2D eigenvalue weighted by Crippen LogP contribution is 2.53. The summed E-state index contributed by atoms with van der Waals surface area (Å²) in [6.07, 6.45) is 14.4. The van der Waals surface area contributed by atoms with Gasteiger partial charge in [0.1, 0.15) is 0 Å².